The van der Waals surface area contributed by atoms with E-state index in [9.17, 15) is 4.79 Å². The second-order valence-electron chi connectivity index (χ2n) is 6.62. The zero-order chi connectivity index (χ0) is 17.2. The van der Waals surface area contributed by atoms with Crippen LogP contribution in [0.15, 0.2) is 36.9 Å². The van der Waals surface area contributed by atoms with Crippen molar-refractivity contribution in [1.82, 2.24) is 29.6 Å². The van der Waals surface area contributed by atoms with Crippen LogP contribution in [0.5, 0.6) is 0 Å². The lowest BCUT2D eigenvalue weighted by Crippen LogP contribution is -2.44. The fourth-order valence-electron chi connectivity index (χ4n) is 3.40. The first kappa shape index (κ1) is 15.7. The number of hydrogen-bond donors (Lipinski definition) is 2. The van der Waals surface area contributed by atoms with Gasteiger partial charge < -0.3 is 19.6 Å². The molecule has 7 heteroatoms. The molecule has 0 bridgehead atoms. The minimum atomic E-state index is -0.0375. The Balaban J connectivity index is 1.37. The van der Waals surface area contributed by atoms with Gasteiger partial charge in [-0.2, -0.15) is 0 Å². The molecule has 1 aliphatic heterocycles. The van der Waals surface area contributed by atoms with Gasteiger partial charge in [0.1, 0.15) is 11.5 Å². The SMILES string of the molecule is Cc1ccc2nc(CNC(=O)N3CCC[C@H](c4ncc[nH]4)C3)cn2c1. The molecule has 3 aromatic heterocycles. The van der Waals surface area contributed by atoms with E-state index in [-0.39, 0.29) is 11.9 Å². The first-order valence-electron chi connectivity index (χ1n) is 8.65. The Labute approximate surface area is 146 Å². The van der Waals surface area contributed by atoms with Crippen molar-refractivity contribution in [3.63, 3.8) is 0 Å². The molecule has 0 radical (unpaired) electrons. The number of aromatic nitrogens is 4. The lowest BCUT2D eigenvalue weighted by molar-refractivity contribution is 0.178. The number of nitrogens with one attached hydrogen (secondary N) is 2. The highest BCUT2D eigenvalue weighted by Crippen LogP contribution is 2.24. The molecule has 25 heavy (non-hydrogen) atoms. The zero-order valence-corrected chi connectivity index (χ0v) is 14.3. The number of amides is 2. The topological polar surface area (TPSA) is 78.3 Å². The maximum Gasteiger partial charge on any atom is 0.317 e. The van der Waals surface area contributed by atoms with Crippen molar-refractivity contribution in [2.75, 3.05) is 13.1 Å². The van der Waals surface area contributed by atoms with Gasteiger partial charge in [-0.15, -0.1) is 0 Å². The Kier molecular flexibility index (Phi) is 4.13. The molecule has 0 aromatic carbocycles. The molecular weight excluding hydrogens is 316 g/mol. The number of hydrogen-bond acceptors (Lipinski definition) is 3. The monoisotopic (exact) mass is 338 g/mol. The molecule has 130 valence electrons. The molecule has 7 nitrogen and oxygen atoms in total. The van der Waals surface area contributed by atoms with Crippen LogP contribution in [0.25, 0.3) is 5.65 Å². The smallest absolute Gasteiger partial charge is 0.317 e. The van der Waals surface area contributed by atoms with Crippen LogP contribution in [0.2, 0.25) is 0 Å². The Morgan fingerprint density at radius 3 is 3.16 bits per heavy atom. The van der Waals surface area contributed by atoms with Gasteiger partial charge in [0.2, 0.25) is 0 Å². The number of urea groups is 1. The number of imidazole rings is 2. The van der Waals surface area contributed by atoms with Gasteiger partial charge in [-0.3, -0.25) is 0 Å². The number of rotatable bonds is 3. The van der Waals surface area contributed by atoms with Gasteiger partial charge in [0.25, 0.3) is 0 Å². The van der Waals surface area contributed by atoms with Crippen LogP contribution in [0.1, 0.15) is 35.8 Å². The molecule has 3 aromatic rings. The maximum absolute atomic E-state index is 12.5. The Bertz CT molecular complexity index is 869. The number of H-pyrrole nitrogens is 1. The molecule has 0 saturated carbocycles. The van der Waals surface area contributed by atoms with E-state index in [0.29, 0.717) is 13.1 Å². The summed E-state index contributed by atoms with van der Waals surface area (Å²) in [5, 5.41) is 2.99. The Morgan fingerprint density at radius 2 is 2.32 bits per heavy atom. The van der Waals surface area contributed by atoms with Gasteiger partial charge in [0.15, 0.2) is 0 Å². The van der Waals surface area contributed by atoms with Crippen LogP contribution in [0, 0.1) is 6.92 Å². The molecule has 0 spiro atoms. The van der Waals surface area contributed by atoms with Gasteiger partial charge >= 0.3 is 6.03 Å². The van der Waals surface area contributed by atoms with Gasteiger partial charge in [-0.1, -0.05) is 6.07 Å². The van der Waals surface area contributed by atoms with E-state index in [1.54, 1.807) is 6.20 Å². The molecule has 1 saturated heterocycles. The van der Waals surface area contributed by atoms with Gasteiger partial charge in [-0.25, -0.2) is 14.8 Å². The fourth-order valence-corrected chi connectivity index (χ4v) is 3.40. The molecule has 1 aliphatic rings. The highest BCUT2D eigenvalue weighted by molar-refractivity contribution is 5.74. The molecule has 0 unspecified atom stereocenters. The second kappa shape index (κ2) is 6.58. The zero-order valence-electron chi connectivity index (χ0n) is 14.3. The largest absolute Gasteiger partial charge is 0.348 e. The van der Waals surface area contributed by atoms with Crippen molar-refractivity contribution in [3.05, 3.63) is 54.0 Å². The number of carbonyl (C=O) groups excluding carboxylic acids is 1. The van der Waals surface area contributed by atoms with Gasteiger partial charge in [0, 0.05) is 43.8 Å². The second-order valence-corrected chi connectivity index (χ2v) is 6.62. The van der Waals surface area contributed by atoms with E-state index in [0.717, 1.165) is 36.6 Å². The fraction of sp³-hybridized carbons (Fsp3) is 0.389. The molecule has 4 rings (SSSR count). The van der Waals surface area contributed by atoms with Crippen LogP contribution in [0.4, 0.5) is 4.79 Å². The number of likely N-dealkylation sites (tertiary alicyclic amines) is 1. The standard InChI is InChI=1S/C18H22N6O/c1-13-4-5-16-22-15(12-24(16)10-13)9-21-18(25)23-8-2-3-14(11-23)17-19-6-7-20-17/h4-7,10,12,14H,2-3,8-9,11H2,1H3,(H,19,20)(H,21,25)/t14-/m0/s1. The van der Waals surface area contributed by atoms with E-state index in [4.69, 9.17) is 0 Å². The van der Waals surface area contributed by atoms with E-state index < -0.39 is 0 Å². The quantitative estimate of drug-likeness (QED) is 0.770. The summed E-state index contributed by atoms with van der Waals surface area (Å²) in [6.45, 7) is 3.96. The highest BCUT2D eigenvalue weighted by Gasteiger charge is 2.26. The average molecular weight is 338 g/mol. The lowest BCUT2D eigenvalue weighted by atomic mass is 9.98. The number of nitrogens with zero attached hydrogens (tertiary/aromatic N) is 4. The van der Waals surface area contributed by atoms with Gasteiger partial charge in [-0.05, 0) is 31.4 Å². The van der Waals surface area contributed by atoms with Crippen molar-refractivity contribution in [3.8, 4) is 0 Å². The average Bonchev–Trinajstić information content (AvgIpc) is 3.29. The normalized spacial score (nSPS) is 17.8. The number of pyridine rings is 1. The first-order chi connectivity index (χ1) is 12.2. The number of fused-ring (bicyclic) bond motifs is 1. The Hall–Kier alpha value is -2.83. The summed E-state index contributed by atoms with van der Waals surface area (Å²) in [6.07, 6.45) is 9.64. The van der Waals surface area contributed by atoms with Crippen molar-refractivity contribution in [1.29, 1.82) is 0 Å². The summed E-state index contributed by atoms with van der Waals surface area (Å²) in [4.78, 5) is 26.4. The van der Waals surface area contributed by atoms with Crippen molar-refractivity contribution < 1.29 is 4.79 Å². The van der Waals surface area contributed by atoms with Crippen molar-refractivity contribution in [2.45, 2.75) is 32.2 Å². The number of carbonyl (C=O) groups is 1. The van der Waals surface area contributed by atoms with Crippen LogP contribution < -0.4 is 5.32 Å². The van der Waals surface area contributed by atoms with E-state index in [1.807, 2.05) is 46.9 Å². The lowest BCUT2D eigenvalue weighted by Gasteiger charge is -2.31. The van der Waals surface area contributed by atoms with E-state index in [2.05, 4.69) is 20.3 Å². The predicted molar refractivity (Wildman–Crippen MR) is 94.3 cm³/mol. The maximum atomic E-state index is 12.5. The summed E-state index contributed by atoms with van der Waals surface area (Å²) in [5.41, 5.74) is 2.93. The first-order valence-corrected chi connectivity index (χ1v) is 8.65. The predicted octanol–water partition coefficient (Wildman–Crippen LogP) is 2.46. The molecular formula is C18H22N6O. The van der Waals surface area contributed by atoms with Crippen LogP contribution in [-0.4, -0.2) is 43.4 Å². The van der Waals surface area contributed by atoms with Crippen molar-refractivity contribution in [2.24, 2.45) is 0 Å². The molecule has 1 atom stereocenters. The summed E-state index contributed by atoms with van der Waals surface area (Å²) >= 11 is 0. The van der Waals surface area contributed by atoms with Crippen LogP contribution in [-0.2, 0) is 6.54 Å². The van der Waals surface area contributed by atoms with Gasteiger partial charge in [0.05, 0.1) is 12.2 Å². The number of aryl methyl sites for hydroxylation is 1. The third-order valence-corrected chi connectivity index (χ3v) is 4.68. The minimum Gasteiger partial charge on any atom is -0.348 e. The minimum absolute atomic E-state index is 0.0375. The van der Waals surface area contributed by atoms with Crippen molar-refractivity contribution >= 4 is 11.7 Å². The molecule has 0 aliphatic carbocycles. The molecule has 2 amide bonds. The third kappa shape index (κ3) is 3.35. The third-order valence-electron chi connectivity index (χ3n) is 4.68. The number of piperidine rings is 1. The van der Waals surface area contributed by atoms with E-state index >= 15 is 0 Å². The summed E-state index contributed by atoms with van der Waals surface area (Å²) < 4.78 is 1.99. The molecule has 2 N–H and O–H groups in total. The van der Waals surface area contributed by atoms with E-state index in [1.165, 1.54) is 5.56 Å². The molecule has 1 fully saturated rings. The highest BCUT2D eigenvalue weighted by atomic mass is 16.2. The summed E-state index contributed by atoms with van der Waals surface area (Å²) in [7, 11) is 0. The molecule has 4 heterocycles. The van der Waals surface area contributed by atoms with Crippen LogP contribution in [0.3, 0.4) is 0 Å². The number of aromatic amines is 1. The summed E-state index contributed by atoms with van der Waals surface area (Å²) in [6, 6.07) is 3.98. The Morgan fingerprint density at radius 1 is 1.40 bits per heavy atom. The van der Waals surface area contributed by atoms with Crippen LogP contribution >= 0.6 is 0 Å². The summed E-state index contributed by atoms with van der Waals surface area (Å²) in [5.74, 6) is 1.25.